The molecule has 0 amide bonds. The lowest BCUT2D eigenvalue weighted by Gasteiger charge is -2.26. The SMILES string of the molecule is CCCCCCCS(=O)(=O)n1cc(CN(CCOCCNC2CCC2)Cc2cccnc2F)c2ccccc21. The highest BCUT2D eigenvalue weighted by molar-refractivity contribution is 7.90. The summed E-state index contributed by atoms with van der Waals surface area (Å²) < 4.78 is 48.4. The summed E-state index contributed by atoms with van der Waals surface area (Å²) in [7, 11) is -3.49. The van der Waals surface area contributed by atoms with Gasteiger partial charge in [0, 0.05) is 55.6 Å². The summed E-state index contributed by atoms with van der Waals surface area (Å²) in [6, 6.07) is 11.7. The van der Waals surface area contributed by atoms with E-state index in [2.05, 4.69) is 22.1 Å². The monoisotopic (exact) mass is 558 g/mol. The highest BCUT2D eigenvalue weighted by atomic mass is 32.2. The second-order valence-corrected chi connectivity index (χ2v) is 12.5. The van der Waals surface area contributed by atoms with E-state index < -0.39 is 16.0 Å². The standard InChI is InChI=1S/C30H43FN4O3S/c1-2-3-4-5-8-21-39(36,37)35-24-26(28-14-6-7-15-29(28)35)23-34(22-25-11-10-16-33-30(25)31)18-20-38-19-17-32-27-12-9-13-27/h6-7,10-11,14-16,24,27,32H,2-5,8-9,12-13,17-23H2,1H3. The number of rotatable bonds is 18. The molecule has 9 heteroatoms. The minimum absolute atomic E-state index is 0.127. The van der Waals surface area contributed by atoms with Crippen molar-refractivity contribution < 1.29 is 17.5 Å². The molecule has 2 aromatic heterocycles. The van der Waals surface area contributed by atoms with E-state index in [0.717, 1.165) is 43.2 Å². The first-order chi connectivity index (χ1) is 19.0. The van der Waals surface area contributed by atoms with Gasteiger partial charge in [-0.3, -0.25) is 4.90 Å². The predicted octanol–water partition coefficient (Wildman–Crippen LogP) is 5.48. The van der Waals surface area contributed by atoms with Crippen LogP contribution < -0.4 is 5.32 Å². The van der Waals surface area contributed by atoms with Gasteiger partial charge < -0.3 is 10.1 Å². The van der Waals surface area contributed by atoms with E-state index in [1.165, 1.54) is 29.4 Å². The van der Waals surface area contributed by atoms with Crippen molar-refractivity contribution in [2.45, 2.75) is 77.4 Å². The third-order valence-electron chi connectivity index (χ3n) is 7.53. The average Bonchev–Trinajstić information content (AvgIpc) is 3.27. The quantitative estimate of drug-likeness (QED) is 0.165. The lowest BCUT2D eigenvalue weighted by Crippen LogP contribution is -2.37. The Kier molecular flexibility index (Phi) is 11.3. The third-order valence-corrected chi connectivity index (χ3v) is 9.23. The van der Waals surface area contributed by atoms with Crippen molar-refractivity contribution >= 4 is 20.9 Å². The predicted molar refractivity (Wildman–Crippen MR) is 155 cm³/mol. The molecule has 0 aliphatic heterocycles. The molecule has 1 fully saturated rings. The van der Waals surface area contributed by atoms with E-state index in [9.17, 15) is 12.8 Å². The lowest BCUT2D eigenvalue weighted by molar-refractivity contribution is 0.0964. The smallest absolute Gasteiger partial charge is 0.238 e. The molecule has 0 bridgehead atoms. The molecule has 1 aromatic carbocycles. The Morgan fingerprint density at radius 1 is 1.05 bits per heavy atom. The highest BCUT2D eigenvalue weighted by Crippen LogP contribution is 2.26. The van der Waals surface area contributed by atoms with Crippen LogP contribution in [0, 0.1) is 5.95 Å². The van der Waals surface area contributed by atoms with Crippen LogP contribution in [-0.2, 0) is 27.8 Å². The van der Waals surface area contributed by atoms with E-state index in [-0.39, 0.29) is 5.75 Å². The van der Waals surface area contributed by atoms with Crippen LogP contribution in [0.3, 0.4) is 0 Å². The number of nitrogens with one attached hydrogen (secondary N) is 1. The fraction of sp³-hybridized carbons (Fsp3) is 0.567. The van der Waals surface area contributed by atoms with Crippen LogP contribution >= 0.6 is 0 Å². The molecule has 2 heterocycles. The van der Waals surface area contributed by atoms with E-state index >= 15 is 0 Å². The Bertz CT molecular complexity index is 1280. The zero-order valence-electron chi connectivity index (χ0n) is 23.2. The van der Waals surface area contributed by atoms with Crippen LogP contribution in [0.2, 0.25) is 0 Å². The summed E-state index contributed by atoms with van der Waals surface area (Å²) in [5, 5.41) is 4.40. The van der Waals surface area contributed by atoms with Gasteiger partial charge in [0.15, 0.2) is 0 Å². The largest absolute Gasteiger partial charge is 0.379 e. The Hall–Kier alpha value is -2.33. The number of unbranched alkanes of at least 4 members (excludes halogenated alkanes) is 4. The maximum Gasteiger partial charge on any atom is 0.238 e. The molecule has 0 spiro atoms. The van der Waals surface area contributed by atoms with Crippen molar-refractivity contribution in [3.8, 4) is 0 Å². The molecule has 1 aliphatic carbocycles. The Balaban J connectivity index is 1.46. The minimum atomic E-state index is -3.49. The number of aromatic nitrogens is 2. The fourth-order valence-electron chi connectivity index (χ4n) is 5.04. The number of hydrogen-bond acceptors (Lipinski definition) is 6. The number of fused-ring (bicyclic) bond motifs is 1. The summed E-state index contributed by atoms with van der Waals surface area (Å²) in [6.07, 6.45) is 11.9. The Morgan fingerprint density at radius 2 is 1.85 bits per heavy atom. The van der Waals surface area contributed by atoms with Crippen molar-refractivity contribution in [1.29, 1.82) is 0 Å². The number of hydrogen-bond donors (Lipinski definition) is 1. The third kappa shape index (κ3) is 8.58. The fourth-order valence-corrected chi connectivity index (χ4v) is 6.55. The summed E-state index contributed by atoms with van der Waals surface area (Å²) in [5.41, 5.74) is 2.09. The molecule has 3 aromatic rings. The molecular weight excluding hydrogens is 515 g/mol. The molecule has 0 saturated heterocycles. The molecule has 1 saturated carbocycles. The van der Waals surface area contributed by atoms with E-state index in [1.807, 2.05) is 24.3 Å². The molecule has 1 N–H and O–H groups in total. The Morgan fingerprint density at radius 3 is 2.62 bits per heavy atom. The van der Waals surface area contributed by atoms with Gasteiger partial charge in [-0.2, -0.15) is 4.39 Å². The summed E-state index contributed by atoms with van der Waals surface area (Å²) in [4.78, 5) is 5.91. The second-order valence-electron chi connectivity index (χ2n) is 10.6. The van der Waals surface area contributed by atoms with Crippen molar-refractivity contribution in [1.82, 2.24) is 19.2 Å². The van der Waals surface area contributed by atoms with Gasteiger partial charge in [-0.05, 0) is 37.0 Å². The molecule has 0 unspecified atom stereocenters. The highest BCUT2D eigenvalue weighted by Gasteiger charge is 2.21. The lowest BCUT2D eigenvalue weighted by atomic mass is 9.93. The normalized spacial score (nSPS) is 14.3. The Labute approximate surface area is 232 Å². The number of halogens is 1. The van der Waals surface area contributed by atoms with Crippen LogP contribution in [-0.4, -0.2) is 60.4 Å². The first-order valence-electron chi connectivity index (χ1n) is 14.4. The molecule has 0 atom stereocenters. The number of ether oxygens (including phenoxy) is 1. The summed E-state index contributed by atoms with van der Waals surface area (Å²) >= 11 is 0. The van der Waals surface area contributed by atoms with Crippen LogP contribution in [0.25, 0.3) is 10.9 Å². The van der Waals surface area contributed by atoms with E-state index in [4.69, 9.17) is 4.74 Å². The van der Waals surface area contributed by atoms with Gasteiger partial charge in [0.2, 0.25) is 16.0 Å². The van der Waals surface area contributed by atoms with Gasteiger partial charge in [-0.25, -0.2) is 17.4 Å². The number of nitrogens with zero attached hydrogens (tertiary/aromatic N) is 3. The van der Waals surface area contributed by atoms with Crippen molar-refractivity contribution in [3.05, 3.63) is 65.9 Å². The van der Waals surface area contributed by atoms with Gasteiger partial charge in [0.1, 0.15) is 0 Å². The van der Waals surface area contributed by atoms with Crippen LogP contribution in [0.1, 0.15) is 69.4 Å². The maximum absolute atomic E-state index is 14.4. The van der Waals surface area contributed by atoms with Gasteiger partial charge in [0.05, 0.1) is 24.5 Å². The first kappa shape index (κ1) is 29.6. The van der Waals surface area contributed by atoms with Crippen molar-refractivity contribution in [2.75, 3.05) is 32.1 Å². The second kappa shape index (κ2) is 14.9. The molecule has 0 radical (unpaired) electrons. The van der Waals surface area contributed by atoms with Gasteiger partial charge in [-0.1, -0.05) is 63.3 Å². The zero-order chi connectivity index (χ0) is 27.5. The molecule has 214 valence electrons. The number of para-hydroxylation sites is 1. The van der Waals surface area contributed by atoms with Gasteiger partial charge in [-0.15, -0.1) is 0 Å². The van der Waals surface area contributed by atoms with Crippen molar-refractivity contribution in [2.24, 2.45) is 0 Å². The maximum atomic E-state index is 14.4. The topological polar surface area (TPSA) is 76.5 Å². The molecule has 1 aliphatic rings. The van der Waals surface area contributed by atoms with Crippen LogP contribution in [0.15, 0.2) is 48.8 Å². The molecular formula is C30H43FN4O3S. The minimum Gasteiger partial charge on any atom is -0.379 e. The summed E-state index contributed by atoms with van der Waals surface area (Å²) in [6.45, 7) is 5.51. The molecule has 7 nitrogen and oxygen atoms in total. The van der Waals surface area contributed by atoms with E-state index in [1.54, 1.807) is 18.3 Å². The molecule has 4 rings (SSSR count). The van der Waals surface area contributed by atoms with Crippen LogP contribution in [0.4, 0.5) is 4.39 Å². The van der Waals surface area contributed by atoms with Gasteiger partial charge >= 0.3 is 0 Å². The summed E-state index contributed by atoms with van der Waals surface area (Å²) in [5.74, 6) is -0.358. The van der Waals surface area contributed by atoms with Crippen LogP contribution in [0.5, 0.6) is 0 Å². The first-order valence-corrected chi connectivity index (χ1v) is 16.0. The zero-order valence-corrected chi connectivity index (χ0v) is 24.0. The molecule has 39 heavy (non-hydrogen) atoms. The number of benzene rings is 1. The van der Waals surface area contributed by atoms with E-state index in [0.29, 0.717) is 56.4 Å². The van der Waals surface area contributed by atoms with Crippen molar-refractivity contribution in [3.63, 3.8) is 0 Å². The number of pyridine rings is 1. The average molecular weight is 559 g/mol. The van der Waals surface area contributed by atoms with Gasteiger partial charge in [0.25, 0.3) is 0 Å².